The van der Waals surface area contributed by atoms with Gasteiger partial charge in [0.05, 0.1) is 6.04 Å². The Morgan fingerprint density at radius 3 is 2.30 bits per heavy atom. The van der Waals surface area contributed by atoms with Gasteiger partial charge in [0, 0.05) is 31.7 Å². The molecule has 4 nitrogen and oxygen atoms in total. The molecule has 27 heavy (non-hydrogen) atoms. The van der Waals surface area contributed by atoms with E-state index < -0.39 is 24.0 Å². The Morgan fingerprint density at radius 2 is 1.70 bits per heavy atom. The van der Waals surface area contributed by atoms with E-state index in [2.05, 4.69) is 15.0 Å². The van der Waals surface area contributed by atoms with Crippen LogP contribution in [0.4, 0.5) is 17.6 Å². The maximum Gasteiger partial charge on any atom is 0.573 e. The largest absolute Gasteiger partial charge is 0.573 e. The van der Waals surface area contributed by atoms with Crippen LogP contribution in [0.5, 0.6) is 11.5 Å². The van der Waals surface area contributed by atoms with Gasteiger partial charge in [-0.1, -0.05) is 24.3 Å². The summed E-state index contributed by atoms with van der Waals surface area (Å²) < 4.78 is 55.3. The minimum absolute atomic E-state index is 0.323. The number of phenols is 1. The van der Waals surface area contributed by atoms with Gasteiger partial charge in [0.1, 0.15) is 5.75 Å². The average molecular weight is 384 g/mol. The fourth-order valence-electron chi connectivity index (χ4n) is 3.28. The first kappa shape index (κ1) is 19.4. The molecule has 1 atom stereocenters. The van der Waals surface area contributed by atoms with Gasteiger partial charge in [-0.15, -0.1) is 13.2 Å². The number of rotatable bonds is 4. The Bertz CT molecular complexity index is 788. The maximum absolute atomic E-state index is 14.3. The number of aromatic hydroxyl groups is 1. The highest BCUT2D eigenvalue weighted by Gasteiger charge is 2.32. The van der Waals surface area contributed by atoms with Crippen molar-refractivity contribution >= 4 is 0 Å². The summed E-state index contributed by atoms with van der Waals surface area (Å²) in [5.74, 6) is -1.46. The summed E-state index contributed by atoms with van der Waals surface area (Å²) in [6, 6.07) is 8.21. The third-order valence-electron chi connectivity index (χ3n) is 4.58. The SMILES string of the molecule is Cc1ccc([C@@H](c2ccc(OC(F)(F)F)cc2)N2CCNCC2)c(O)c1F. The predicted octanol–water partition coefficient (Wildman–Crippen LogP) is 3.73. The zero-order chi connectivity index (χ0) is 19.6. The van der Waals surface area contributed by atoms with Crippen molar-refractivity contribution in [2.24, 2.45) is 0 Å². The smallest absolute Gasteiger partial charge is 0.505 e. The first-order chi connectivity index (χ1) is 12.8. The van der Waals surface area contributed by atoms with E-state index in [0.29, 0.717) is 29.8 Å². The third-order valence-corrected chi connectivity index (χ3v) is 4.58. The molecule has 1 fully saturated rings. The van der Waals surface area contributed by atoms with Crippen LogP contribution in [-0.4, -0.2) is 42.5 Å². The van der Waals surface area contributed by atoms with E-state index >= 15 is 0 Å². The van der Waals surface area contributed by atoms with Crippen LogP contribution in [0.2, 0.25) is 0 Å². The van der Waals surface area contributed by atoms with Crippen LogP contribution in [-0.2, 0) is 0 Å². The summed E-state index contributed by atoms with van der Waals surface area (Å²) in [5.41, 5.74) is 1.35. The number of alkyl halides is 3. The first-order valence-corrected chi connectivity index (χ1v) is 8.54. The number of phenolic OH excluding ortho intramolecular Hbond substituents is 1. The molecule has 0 bridgehead atoms. The fourth-order valence-corrected chi connectivity index (χ4v) is 3.28. The second-order valence-corrected chi connectivity index (χ2v) is 6.44. The van der Waals surface area contributed by atoms with Crippen LogP contribution >= 0.6 is 0 Å². The van der Waals surface area contributed by atoms with Gasteiger partial charge in [0.15, 0.2) is 11.6 Å². The molecule has 0 spiro atoms. The summed E-state index contributed by atoms with van der Waals surface area (Å²) >= 11 is 0. The van der Waals surface area contributed by atoms with E-state index in [1.54, 1.807) is 19.1 Å². The molecule has 0 radical (unpaired) electrons. The maximum atomic E-state index is 14.3. The minimum Gasteiger partial charge on any atom is -0.505 e. The van der Waals surface area contributed by atoms with Crippen molar-refractivity contribution in [3.8, 4) is 11.5 Å². The lowest BCUT2D eigenvalue weighted by Gasteiger charge is -2.36. The fraction of sp³-hybridized carbons (Fsp3) is 0.368. The number of halogens is 4. The molecular weight excluding hydrogens is 364 g/mol. The average Bonchev–Trinajstić information content (AvgIpc) is 2.63. The molecule has 0 aromatic heterocycles. The molecule has 8 heteroatoms. The van der Waals surface area contributed by atoms with Gasteiger partial charge in [-0.3, -0.25) is 4.90 Å². The zero-order valence-electron chi connectivity index (χ0n) is 14.7. The Morgan fingerprint density at radius 1 is 1.07 bits per heavy atom. The molecule has 0 amide bonds. The summed E-state index contributed by atoms with van der Waals surface area (Å²) in [7, 11) is 0. The highest BCUT2D eigenvalue weighted by molar-refractivity contribution is 5.45. The third kappa shape index (κ3) is 4.51. The number of ether oxygens (including phenoxy) is 1. The molecule has 1 aliphatic rings. The van der Waals surface area contributed by atoms with Gasteiger partial charge in [0.2, 0.25) is 0 Å². The molecule has 3 rings (SSSR count). The quantitative estimate of drug-likeness (QED) is 0.789. The number of hydrogen-bond acceptors (Lipinski definition) is 4. The van der Waals surface area contributed by atoms with Gasteiger partial charge in [-0.2, -0.15) is 0 Å². The molecule has 2 aromatic carbocycles. The van der Waals surface area contributed by atoms with Crippen molar-refractivity contribution in [1.29, 1.82) is 0 Å². The van der Waals surface area contributed by atoms with E-state index in [9.17, 15) is 22.7 Å². The van der Waals surface area contributed by atoms with Gasteiger partial charge in [-0.25, -0.2) is 4.39 Å². The normalized spacial score (nSPS) is 16.9. The van der Waals surface area contributed by atoms with Crippen LogP contribution in [0.3, 0.4) is 0 Å². The number of nitrogens with one attached hydrogen (secondary N) is 1. The van der Waals surface area contributed by atoms with Crippen LogP contribution in [0.15, 0.2) is 36.4 Å². The van der Waals surface area contributed by atoms with E-state index in [4.69, 9.17) is 0 Å². The Hall–Kier alpha value is -2.32. The summed E-state index contributed by atoms with van der Waals surface area (Å²) in [6.45, 7) is 4.31. The zero-order valence-corrected chi connectivity index (χ0v) is 14.7. The van der Waals surface area contributed by atoms with Crippen LogP contribution in [0.25, 0.3) is 0 Å². The summed E-state index contributed by atoms with van der Waals surface area (Å²) in [6.07, 6.45) is -4.77. The van der Waals surface area contributed by atoms with Crippen LogP contribution < -0.4 is 10.1 Å². The van der Waals surface area contributed by atoms with Gasteiger partial charge in [-0.05, 0) is 30.2 Å². The van der Waals surface area contributed by atoms with E-state index in [0.717, 1.165) is 13.1 Å². The molecule has 0 saturated carbocycles. The molecule has 0 aliphatic carbocycles. The lowest BCUT2D eigenvalue weighted by molar-refractivity contribution is -0.274. The highest BCUT2D eigenvalue weighted by Crippen LogP contribution is 2.37. The first-order valence-electron chi connectivity index (χ1n) is 8.54. The Balaban J connectivity index is 1.99. The van der Waals surface area contributed by atoms with Crippen molar-refractivity contribution < 1.29 is 27.4 Å². The molecule has 0 unspecified atom stereocenters. The Labute approximate surface area is 154 Å². The van der Waals surface area contributed by atoms with Crippen molar-refractivity contribution in [1.82, 2.24) is 10.2 Å². The van der Waals surface area contributed by atoms with Crippen molar-refractivity contribution in [2.75, 3.05) is 26.2 Å². The van der Waals surface area contributed by atoms with E-state index in [1.165, 1.54) is 24.3 Å². The van der Waals surface area contributed by atoms with E-state index in [1.807, 2.05) is 0 Å². The van der Waals surface area contributed by atoms with Crippen LogP contribution in [0.1, 0.15) is 22.7 Å². The molecule has 2 N–H and O–H groups in total. The lowest BCUT2D eigenvalue weighted by Crippen LogP contribution is -2.45. The van der Waals surface area contributed by atoms with Crippen molar-refractivity contribution in [3.63, 3.8) is 0 Å². The standard InChI is InChI=1S/C19H20F4N2O2/c1-12-2-7-15(18(26)16(12)20)17(25-10-8-24-9-11-25)13-3-5-14(6-4-13)27-19(21,22)23/h2-7,17,24,26H,8-11H2,1H3/t17-/m1/s1. The molecule has 1 saturated heterocycles. The number of piperazine rings is 1. The molecule has 2 aromatic rings. The molecule has 1 heterocycles. The summed E-state index contributed by atoms with van der Waals surface area (Å²) in [5, 5.41) is 13.6. The van der Waals surface area contributed by atoms with Gasteiger partial charge >= 0.3 is 6.36 Å². The van der Waals surface area contributed by atoms with Crippen LogP contribution in [0, 0.1) is 12.7 Å². The number of aryl methyl sites for hydroxylation is 1. The molecule has 1 aliphatic heterocycles. The number of nitrogens with zero attached hydrogens (tertiary/aromatic N) is 1. The predicted molar refractivity (Wildman–Crippen MR) is 92.2 cm³/mol. The number of hydrogen-bond donors (Lipinski definition) is 2. The summed E-state index contributed by atoms with van der Waals surface area (Å²) in [4.78, 5) is 2.06. The molecule has 146 valence electrons. The second kappa shape index (κ2) is 7.74. The van der Waals surface area contributed by atoms with Crippen molar-refractivity contribution in [2.45, 2.75) is 19.3 Å². The Kier molecular flexibility index (Phi) is 5.57. The van der Waals surface area contributed by atoms with Gasteiger partial charge < -0.3 is 15.2 Å². The topological polar surface area (TPSA) is 44.7 Å². The lowest BCUT2D eigenvalue weighted by atomic mass is 9.94. The van der Waals surface area contributed by atoms with Gasteiger partial charge in [0.25, 0.3) is 0 Å². The second-order valence-electron chi connectivity index (χ2n) is 6.44. The molecular formula is C19H20F4N2O2. The number of benzene rings is 2. The van der Waals surface area contributed by atoms with Crippen molar-refractivity contribution in [3.05, 3.63) is 58.9 Å². The highest BCUT2D eigenvalue weighted by atomic mass is 19.4. The minimum atomic E-state index is -4.77. The monoisotopic (exact) mass is 384 g/mol. The van der Waals surface area contributed by atoms with E-state index in [-0.39, 0.29) is 5.75 Å².